The zero-order valence-electron chi connectivity index (χ0n) is 20.3. The SMILES string of the molecule is CCC(=O)C1(C)CCC2C(CC=C3CC(O)(CNC4CCC(O)CC4)CCC32C)C1C. The van der Waals surface area contributed by atoms with Crippen LogP contribution in [0.5, 0.6) is 0 Å². The van der Waals surface area contributed by atoms with Crippen LogP contribution >= 0.6 is 0 Å². The van der Waals surface area contributed by atoms with Crippen molar-refractivity contribution in [2.75, 3.05) is 6.54 Å². The number of Topliss-reactive ketones (excluding diaryl/α,β-unsaturated/α-hetero) is 1. The maximum Gasteiger partial charge on any atom is 0.138 e. The molecule has 176 valence electrons. The van der Waals surface area contributed by atoms with Crippen LogP contribution in [0.2, 0.25) is 0 Å². The van der Waals surface area contributed by atoms with Crippen LogP contribution < -0.4 is 5.32 Å². The molecule has 0 amide bonds. The van der Waals surface area contributed by atoms with Gasteiger partial charge in [0.25, 0.3) is 0 Å². The second-order valence-corrected chi connectivity index (χ2v) is 12.0. The summed E-state index contributed by atoms with van der Waals surface area (Å²) in [6.07, 6.45) is 12.6. The van der Waals surface area contributed by atoms with Gasteiger partial charge in [0.05, 0.1) is 11.7 Å². The molecule has 0 aliphatic heterocycles. The molecule has 4 aliphatic carbocycles. The summed E-state index contributed by atoms with van der Waals surface area (Å²) < 4.78 is 0. The third-order valence-corrected chi connectivity index (χ3v) is 10.3. The Morgan fingerprint density at radius 1 is 1.13 bits per heavy atom. The van der Waals surface area contributed by atoms with Gasteiger partial charge in [-0.1, -0.05) is 39.3 Å². The third-order valence-electron chi connectivity index (χ3n) is 10.3. The Morgan fingerprint density at radius 2 is 1.84 bits per heavy atom. The molecule has 0 radical (unpaired) electrons. The summed E-state index contributed by atoms with van der Waals surface area (Å²) in [5, 5.41) is 24.8. The van der Waals surface area contributed by atoms with Crippen molar-refractivity contribution in [3.05, 3.63) is 11.6 Å². The molecule has 4 heteroatoms. The highest BCUT2D eigenvalue weighted by Gasteiger charge is 2.56. The second-order valence-electron chi connectivity index (χ2n) is 12.0. The Balaban J connectivity index is 1.44. The van der Waals surface area contributed by atoms with Gasteiger partial charge in [-0.3, -0.25) is 4.79 Å². The van der Waals surface area contributed by atoms with Crippen molar-refractivity contribution in [2.24, 2.45) is 28.6 Å². The summed E-state index contributed by atoms with van der Waals surface area (Å²) in [4.78, 5) is 12.8. The number of hydrogen-bond donors (Lipinski definition) is 3. The van der Waals surface area contributed by atoms with E-state index in [4.69, 9.17) is 0 Å². The molecule has 3 N–H and O–H groups in total. The van der Waals surface area contributed by atoms with Crippen LogP contribution in [0.25, 0.3) is 0 Å². The lowest BCUT2D eigenvalue weighted by molar-refractivity contribution is -0.139. The van der Waals surface area contributed by atoms with E-state index in [0.717, 1.165) is 64.2 Å². The molecule has 0 bridgehead atoms. The molecule has 0 heterocycles. The van der Waals surface area contributed by atoms with Crippen LogP contribution in [-0.2, 0) is 4.79 Å². The fourth-order valence-electron chi connectivity index (χ4n) is 7.74. The van der Waals surface area contributed by atoms with Crippen LogP contribution in [0, 0.1) is 28.6 Å². The first-order valence-electron chi connectivity index (χ1n) is 13.0. The summed E-state index contributed by atoms with van der Waals surface area (Å²) in [7, 11) is 0. The highest BCUT2D eigenvalue weighted by atomic mass is 16.3. The van der Waals surface area contributed by atoms with Crippen LogP contribution in [0.4, 0.5) is 0 Å². The van der Waals surface area contributed by atoms with Gasteiger partial charge in [-0.2, -0.15) is 0 Å². The number of carbonyl (C=O) groups is 1. The van der Waals surface area contributed by atoms with Gasteiger partial charge >= 0.3 is 0 Å². The van der Waals surface area contributed by atoms with Crippen molar-refractivity contribution < 1.29 is 15.0 Å². The van der Waals surface area contributed by atoms with Crippen molar-refractivity contribution in [1.82, 2.24) is 5.32 Å². The Labute approximate surface area is 189 Å². The summed E-state index contributed by atoms with van der Waals surface area (Å²) in [6.45, 7) is 9.67. The minimum absolute atomic E-state index is 0.135. The van der Waals surface area contributed by atoms with Crippen LogP contribution in [0.15, 0.2) is 11.6 Å². The van der Waals surface area contributed by atoms with Crippen molar-refractivity contribution in [2.45, 2.75) is 116 Å². The summed E-state index contributed by atoms with van der Waals surface area (Å²) in [5.41, 5.74) is 0.835. The average Bonchev–Trinajstić information content (AvgIpc) is 2.76. The van der Waals surface area contributed by atoms with Gasteiger partial charge < -0.3 is 15.5 Å². The molecule has 31 heavy (non-hydrogen) atoms. The maximum absolute atomic E-state index is 12.8. The highest BCUT2D eigenvalue weighted by molar-refractivity contribution is 5.84. The van der Waals surface area contributed by atoms with E-state index >= 15 is 0 Å². The Hall–Kier alpha value is -0.710. The van der Waals surface area contributed by atoms with E-state index in [1.807, 2.05) is 6.92 Å². The number of hydrogen-bond acceptors (Lipinski definition) is 4. The highest BCUT2D eigenvalue weighted by Crippen LogP contribution is 2.62. The van der Waals surface area contributed by atoms with E-state index in [9.17, 15) is 15.0 Å². The van der Waals surface area contributed by atoms with E-state index in [0.29, 0.717) is 42.5 Å². The normalized spacial score (nSPS) is 47.8. The molecule has 4 nitrogen and oxygen atoms in total. The number of ketones is 1. The smallest absolute Gasteiger partial charge is 0.138 e. The standard InChI is InChI=1S/C27H45NO3/c1-5-24(30)25(3)13-12-23-22(18(25)2)11-6-19-16-27(31,15-14-26(19,23)4)17-28-20-7-9-21(29)10-8-20/h6,18,20-23,28-29,31H,5,7-17H2,1-4H3. The second kappa shape index (κ2) is 8.57. The minimum atomic E-state index is -0.652. The van der Waals surface area contributed by atoms with Gasteiger partial charge in [0, 0.05) is 24.4 Å². The van der Waals surface area contributed by atoms with Gasteiger partial charge in [-0.25, -0.2) is 0 Å². The molecule has 0 aromatic heterocycles. The fraction of sp³-hybridized carbons (Fsp3) is 0.889. The molecule has 6 atom stereocenters. The van der Waals surface area contributed by atoms with Crippen molar-refractivity contribution in [3.63, 3.8) is 0 Å². The molecule has 0 aromatic carbocycles. The summed E-state index contributed by atoms with van der Waals surface area (Å²) in [5.74, 6) is 2.09. The molecule has 0 spiro atoms. The Bertz CT molecular complexity index is 711. The third kappa shape index (κ3) is 4.17. The predicted molar refractivity (Wildman–Crippen MR) is 125 cm³/mol. The van der Waals surface area contributed by atoms with E-state index in [-0.39, 0.29) is 16.9 Å². The lowest BCUT2D eigenvalue weighted by Crippen LogP contribution is -2.55. The summed E-state index contributed by atoms with van der Waals surface area (Å²) in [6, 6.07) is 0.429. The van der Waals surface area contributed by atoms with E-state index in [2.05, 4.69) is 32.2 Å². The molecule has 3 saturated carbocycles. The summed E-state index contributed by atoms with van der Waals surface area (Å²) >= 11 is 0. The molecular weight excluding hydrogens is 386 g/mol. The predicted octanol–water partition coefficient (Wildman–Crippen LogP) is 4.78. The molecule has 4 aliphatic rings. The number of aliphatic hydroxyl groups is 2. The number of carbonyl (C=O) groups excluding carboxylic acids is 1. The van der Waals surface area contributed by atoms with E-state index in [1.165, 1.54) is 5.57 Å². The largest absolute Gasteiger partial charge is 0.393 e. The van der Waals surface area contributed by atoms with Crippen LogP contribution in [-0.4, -0.2) is 40.3 Å². The number of nitrogens with one attached hydrogen (secondary N) is 1. The topological polar surface area (TPSA) is 69.6 Å². The Kier molecular flexibility index (Phi) is 6.48. The zero-order valence-corrected chi connectivity index (χ0v) is 20.3. The van der Waals surface area contributed by atoms with Gasteiger partial charge in [0.1, 0.15) is 5.78 Å². The van der Waals surface area contributed by atoms with Crippen molar-refractivity contribution in [3.8, 4) is 0 Å². The molecular formula is C27H45NO3. The first-order valence-corrected chi connectivity index (χ1v) is 13.0. The van der Waals surface area contributed by atoms with Gasteiger partial charge in [0.2, 0.25) is 0 Å². The molecule has 0 saturated heterocycles. The van der Waals surface area contributed by atoms with E-state index in [1.54, 1.807) is 0 Å². The van der Waals surface area contributed by atoms with Gasteiger partial charge in [-0.05, 0) is 87.4 Å². The average molecular weight is 432 g/mol. The van der Waals surface area contributed by atoms with Crippen molar-refractivity contribution >= 4 is 5.78 Å². The fourth-order valence-corrected chi connectivity index (χ4v) is 7.74. The number of allylic oxidation sites excluding steroid dienone is 1. The van der Waals surface area contributed by atoms with Crippen LogP contribution in [0.1, 0.15) is 98.3 Å². The monoisotopic (exact) mass is 431 g/mol. The lowest BCUT2D eigenvalue weighted by Gasteiger charge is -2.58. The molecule has 6 unspecified atom stereocenters. The van der Waals surface area contributed by atoms with Crippen molar-refractivity contribution in [1.29, 1.82) is 0 Å². The van der Waals surface area contributed by atoms with E-state index < -0.39 is 5.60 Å². The van der Waals surface area contributed by atoms with Gasteiger partial charge in [0.15, 0.2) is 0 Å². The first kappa shape index (κ1) is 23.4. The first-order chi connectivity index (χ1) is 14.6. The quantitative estimate of drug-likeness (QED) is 0.548. The minimum Gasteiger partial charge on any atom is -0.393 e. The lowest BCUT2D eigenvalue weighted by atomic mass is 9.46. The Morgan fingerprint density at radius 3 is 2.52 bits per heavy atom. The maximum atomic E-state index is 12.8. The molecule has 0 aromatic rings. The molecule has 4 rings (SSSR count). The number of rotatable bonds is 5. The zero-order chi connectivity index (χ0) is 22.4. The number of aliphatic hydroxyl groups excluding tert-OH is 1. The van der Waals surface area contributed by atoms with Crippen LogP contribution in [0.3, 0.4) is 0 Å². The number of fused-ring (bicyclic) bond motifs is 3. The van der Waals surface area contributed by atoms with Gasteiger partial charge in [-0.15, -0.1) is 0 Å². The molecule has 3 fully saturated rings.